The molecule has 2 heteroatoms. The fraction of sp³-hybridized carbons (Fsp3) is 0. The first-order valence-electron chi connectivity index (χ1n) is 15.2. The lowest BCUT2D eigenvalue weighted by atomic mass is 10.00. The summed E-state index contributed by atoms with van der Waals surface area (Å²) in [7, 11) is 0. The fourth-order valence-electron chi connectivity index (χ4n) is 7.57. The van der Waals surface area contributed by atoms with E-state index in [-0.39, 0.29) is 0 Å². The van der Waals surface area contributed by atoms with Crippen LogP contribution in [0.3, 0.4) is 0 Å². The van der Waals surface area contributed by atoms with Crippen molar-refractivity contribution in [3.8, 4) is 27.9 Å². The van der Waals surface area contributed by atoms with Crippen LogP contribution in [0.1, 0.15) is 0 Å². The summed E-state index contributed by atoms with van der Waals surface area (Å²) in [6.07, 6.45) is 0. The van der Waals surface area contributed by atoms with Crippen molar-refractivity contribution in [3.63, 3.8) is 0 Å². The molecule has 0 aliphatic rings. The minimum absolute atomic E-state index is 1.16. The Balaban J connectivity index is 1.29. The zero-order chi connectivity index (χ0) is 28.8. The van der Waals surface area contributed by atoms with Crippen LogP contribution >= 0.6 is 0 Å². The number of benzene rings is 7. The molecule has 0 N–H and O–H groups in total. The van der Waals surface area contributed by atoms with Gasteiger partial charge in [0.15, 0.2) is 0 Å². The molecule has 3 aromatic heterocycles. The maximum atomic E-state index is 2.47. The second-order valence-corrected chi connectivity index (χ2v) is 11.8. The van der Waals surface area contributed by atoms with Gasteiger partial charge >= 0.3 is 0 Å². The summed E-state index contributed by atoms with van der Waals surface area (Å²) >= 11 is 0. The van der Waals surface area contributed by atoms with Crippen LogP contribution in [0.5, 0.6) is 0 Å². The molecule has 0 amide bonds. The largest absolute Gasteiger partial charge is 0.309 e. The second-order valence-electron chi connectivity index (χ2n) is 11.8. The van der Waals surface area contributed by atoms with Crippen molar-refractivity contribution in [2.24, 2.45) is 0 Å². The average molecular weight is 559 g/mol. The van der Waals surface area contributed by atoms with Gasteiger partial charge in [-0.3, -0.25) is 0 Å². The van der Waals surface area contributed by atoms with Gasteiger partial charge in [0, 0.05) is 43.6 Å². The Morgan fingerprint density at radius 1 is 0.318 bits per heavy atom. The standard InChI is InChI=1S/C42H26N2/c1-2-11-27(12-3-1)28-13-8-14-30(25-28)43-38-21-6-4-15-32(38)35-18-9-17-31(41(35)43)29-23-24-34-37-20-10-19-36-33-16-5-7-22-39(33)44(42(36)37)40(34)26-29/h1-26H. The number of para-hydroxylation sites is 4. The summed E-state index contributed by atoms with van der Waals surface area (Å²) < 4.78 is 4.93. The van der Waals surface area contributed by atoms with Crippen molar-refractivity contribution < 1.29 is 0 Å². The molecular formula is C42H26N2. The highest BCUT2D eigenvalue weighted by Gasteiger charge is 2.20. The van der Waals surface area contributed by atoms with Crippen molar-refractivity contribution in [1.82, 2.24) is 8.97 Å². The Bertz CT molecular complexity index is 2710. The van der Waals surface area contributed by atoms with Crippen LogP contribution in [0.25, 0.3) is 87.8 Å². The smallest absolute Gasteiger partial charge is 0.0620 e. The van der Waals surface area contributed by atoms with E-state index in [0.29, 0.717) is 0 Å². The van der Waals surface area contributed by atoms with Gasteiger partial charge in [0.1, 0.15) is 0 Å². The van der Waals surface area contributed by atoms with Crippen LogP contribution in [0, 0.1) is 0 Å². The van der Waals surface area contributed by atoms with E-state index in [4.69, 9.17) is 0 Å². The predicted molar refractivity (Wildman–Crippen MR) is 186 cm³/mol. The summed E-state index contributed by atoms with van der Waals surface area (Å²) in [5, 5.41) is 7.76. The molecule has 0 radical (unpaired) electrons. The normalized spacial score (nSPS) is 12.1. The van der Waals surface area contributed by atoms with Gasteiger partial charge < -0.3 is 8.97 Å². The third kappa shape index (κ3) is 3.14. The molecule has 0 spiro atoms. The monoisotopic (exact) mass is 558 g/mol. The lowest BCUT2D eigenvalue weighted by molar-refractivity contribution is 1.18. The van der Waals surface area contributed by atoms with E-state index in [9.17, 15) is 0 Å². The fourth-order valence-corrected chi connectivity index (χ4v) is 7.57. The van der Waals surface area contributed by atoms with Crippen LogP contribution in [-0.4, -0.2) is 8.97 Å². The van der Waals surface area contributed by atoms with Gasteiger partial charge in [0.2, 0.25) is 0 Å². The van der Waals surface area contributed by atoms with E-state index in [2.05, 4.69) is 167 Å². The highest BCUT2D eigenvalue weighted by atomic mass is 15.0. The molecule has 0 saturated carbocycles. The van der Waals surface area contributed by atoms with Crippen LogP contribution in [0.4, 0.5) is 0 Å². The maximum absolute atomic E-state index is 2.47. The second kappa shape index (κ2) is 8.82. The molecule has 10 aromatic rings. The van der Waals surface area contributed by atoms with Crippen molar-refractivity contribution in [2.75, 3.05) is 0 Å². The lowest BCUT2D eigenvalue weighted by Crippen LogP contribution is -1.96. The third-order valence-electron chi connectivity index (χ3n) is 9.44. The first-order valence-corrected chi connectivity index (χ1v) is 15.2. The van der Waals surface area contributed by atoms with Gasteiger partial charge in [-0.25, -0.2) is 0 Å². The van der Waals surface area contributed by atoms with Gasteiger partial charge in [-0.2, -0.15) is 0 Å². The SMILES string of the molecule is c1ccc(-c2cccc(-n3c4ccccc4c4cccc(-c5ccc6c7cccc8c9ccccc9n(c6c5)c87)c43)c2)cc1. The van der Waals surface area contributed by atoms with Crippen LogP contribution in [-0.2, 0) is 0 Å². The van der Waals surface area contributed by atoms with Gasteiger partial charge in [-0.05, 0) is 47.0 Å². The predicted octanol–water partition coefficient (Wildman–Crippen LogP) is 11.3. The molecule has 3 heterocycles. The summed E-state index contributed by atoms with van der Waals surface area (Å²) in [4.78, 5) is 0. The molecule has 44 heavy (non-hydrogen) atoms. The molecule has 0 bridgehead atoms. The molecular weight excluding hydrogens is 532 g/mol. The van der Waals surface area contributed by atoms with Crippen molar-refractivity contribution >= 4 is 59.9 Å². The van der Waals surface area contributed by atoms with Gasteiger partial charge in [0.25, 0.3) is 0 Å². The first-order chi connectivity index (χ1) is 21.8. The van der Waals surface area contributed by atoms with Crippen LogP contribution in [0.2, 0.25) is 0 Å². The van der Waals surface area contributed by atoms with Gasteiger partial charge in [0.05, 0.1) is 27.6 Å². The molecule has 0 unspecified atom stereocenters. The average Bonchev–Trinajstić information content (AvgIpc) is 3.74. The third-order valence-corrected chi connectivity index (χ3v) is 9.44. The Morgan fingerprint density at radius 2 is 0.909 bits per heavy atom. The molecule has 0 saturated heterocycles. The van der Waals surface area contributed by atoms with Gasteiger partial charge in [-0.15, -0.1) is 0 Å². The Morgan fingerprint density at radius 3 is 1.73 bits per heavy atom. The molecule has 0 fully saturated rings. The number of hydrogen-bond donors (Lipinski definition) is 0. The number of rotatable bonds is 3. The van der Waals surface area contributed by atoms with E-state index in [0.717, 1.165) is 5.69 Å². The first kappa shape index (κ1) is 23.7. The summed E-state index contributed by atoms with van der Waals surface area (Å²) in [6.45, 7) is 0. The molecule has 7 aromatic carbocycles. The van der Waals surface area contributed by atoms with Crippen molar-refractivity contribution in [2.45, 2.75) is 0 Å². The number of hydrogen-bond acceptors (Lipinski definition) is 0. The number of aromatic nitrogens is 2. The minimum Gasteiger partial charge on any atom is -0.309 e. The summed E-state index contributed by atoms with van der Waals surface area (Å²) in [5.74, 6) is 0. The van der Waals surface area contributed by atoms with E-state index in [1.165, 1.54) is 82.2 Å². The number of nitrogens with zero attached hydrogens (tertiary/aromatic N) is 2. The van der Waals surface area contributed by atoms with Gasteiger partial charge in [-0.1, -0.05) is 127 Å². The topological polar surface area (TPSA) is 9.34 Å². The Hall–Kier alpha value is -5.86. The lowest BCUT2D eigenvalue weighted by Gasteiger charge is -2.13. The van der Waals surface area contributed by atoms with Crippen LogP contribution < -0.4 is 0 Å². The van der Waals surface area contributed by atoms with E-state index < -0.39 is 0 Å². The molecule has 0 aliphatic heterocycles. The van der Waals surface area contributed by atoms with E-state index in [1.54, 1.807) is 0 Å². The summed E-state index contributed by atoms with van der Waals surface area (Å²) in [5.41, 5.74) is 12.3. The summed E-state index contributed by atoms with van der Waals surface area (Å²) in [6, 6.07) is 57.7. The number of fused-ring (bicyclic) bond motifs is 9. The van der Waals surface area contributed by atoms with Crippen molar-refractivity contribution in [1.29, 1.82) is 0 Å². The molecule has 0 atom stereocenters. The highest BCUT2D eigenvalue weighted by molar-refractivity contribution is 6.24. The highest BCUT2D eigenvalue weighted by Crippen LogP contribution is 2.42. The van der Waals surface area contributed by atoms with Crippen molar-refractivity contribution in [3.05, 3.63) is 158 Å². The Kier molecular flexibility index (Phi) is 4.75. The molecule has 10 rings (SSSR count). The zero-order valence-electron chi connectivity index (χ0n) is 23.9. The Labute approximate surface area is 254 Å². The van der Waals surface area contributed by atoms with E-state index in [1.807, 2.05) is 0 Å². The van der Waals surface area contributed by atoms with E-state index >= 15 is 0 Å². The minimum atomic E-state index is 1.16. The quantitative estimate of drug-likeness (QED) is 0.204. The van der Waals surface area contributed by atoms with Crippen LogP contribution in [0.15, 0.2) is 158 Å². The molecule has 2 nitrogen and oxygen atoms in total. The molecule has 0 aliphatic carbocycles. The maximum Gasteiger partial charge on any atom is 0.0620 e. The molecule has 204 valence electrons. The zero-order valence-corrected chi connectivity index (χ0v) is 23.9.